The standard InChI is InChI=1S/C15H20N2S/c1-3-15(8-5-9-15)10-17-12-7-4-6-11(2)13(12)16-14(17)18/h4,6-7H,3,5,8-10H2,1-2H3,(H,16,18). The van der Waals surface area contributed by atoms with Gasteiger partial charge in [0, 0.05) is 6.54 Å². The molecular formula is C15H20N2S. The molecule has 0 atom stereocenters. The Morgan fingerprint density at radius 1 is 1.39 bits per heavy atom. The van der Waals surface area contributed by atoms with Gasteiger partial charge in [0.1, 0.15) is 0 Å². The molecule has 2 nitrogen and oxygen atoms in total. The maximum Gasteiger partial charge on any atom is 0.178 e. The van der Waals surface area contributed by atoms with Crippen LogP contribution < -0.4 is 0 Å². The van der Waals surface area contributed by atoms with Gasteiger partial charge >= 0.3 is 0 Å². The lowest BCUT2D eigenvalue weighted by Gasteiger charge is -2.41. The lowest BCUT2D eigenvalue weighted by molar-refractivity contribution is 0.101. The summed E-state index contributed by atoms with van der Waals surface area (Å²) in [6.07, 6.45) is 5.34. The third-order valence-electron chi connectivity index (χ3n) is 4.68. The van der Waals surface area contributed by atoms with Gasteiger partial charge in [0.15, 0.2) is 4.77 Å². The van der Waals surface area contributed by atoms with Crippen LogP contribution in [-0.4, -0.2) is 9.55 Å². The second-order valence-electron chi connectivity index (χ2n) is 5.69. The Kier molecular flexibility index (Phi) is 2.81. The largest absolute Gasteiger partial charge is 0.330 e. The molecule has 2 aromatic rings. The van der Waals surface area contributed by atoms with E-state index in [4.69, 9.17) is 12.2 Å². The summed E-state index contributed by atoms with van der Waals surface area (Å²) in [5.41, 5.74) is 4.24. The Bertz CT molecular complexity index is 626. The maximum absolute atomic E-state index is 5.51. The van der Waals surface area contributed by atoms with Crippen molar-refractivity contribution in [1.82, 2.24) is 9.55 Å². The number of hydrogen-bond acceptors (Lipinski definition) is 1. The molecule has 1 fully saturated rings. The number of imidazole rings is 1. The first-order valence-corrected chi connectivity index (χ1v) is 7.24. The fraction of sp³-hybridized carbons (Fsp3) is 0.533. The Morgan fingerprint density at radius 3 is 2.78 bits per heavy atom. The molecule has 0 bridgehead atoms. The summed E-state index contributed by atoms with van der Waals surface area (Å²) in [5, 5.41) is 0. The van der Waals surface area contributed by atoms with Crippen molar-refractivity contribution in [3.8, 4) is 0 Å². The molecule has 0 radical (unpaired) electrons. The summed E-state index contributed by atoms with van der Waals surface area (Å²) in [6, 6.07) is 6.43. The zero-order valence-electron chi connectivity index (χ0n) is 11.1. The number of benzene rings is 1. The van der Waals surface area contributed by atoms with E-state index in [1.807, 2.05) is 0 Å². The van der Waals surface area contributed by atoms with E-state index < -0.39 is 0 Å². The molecule has 0 aliphatic heterocycles. The number of aromatic nitrogens is 2. The van der Waals surface area contributed by atoms with E-state index in [1.165, 1.54) is 42.3 Å². The monoisotopic (exact) mass is 260 g/mol. The highest BCUT2D eigenvalue weighted by molar-refractivity contribution is 7.71. The minimum absolute atomic E-state index is 0.497. The number of nitrogens with zero attached hydrogens (tertiary/aromatic N) is 1. The molecule has 0 unspecified atom stereocenters. The van der Waals surface area contributed by atoms with Crippen molar-refractivity contribution < 1.29 is 0 Å². The third kappa shape index (κ3) is 1.72. The van der Waals surface area contributed by atoms with Crippen molar-refractivity contribution in [2.24, 2.45) is 5.41 Å². The third-order valence-corrected chi connectivity index (χ3v) is 5.00. The molecule has 0 saturated heterocycles. The van der Waals surface area contributed by atoms with Crippen molar-refractivity contribution in [1.29, 1.82) is 0 Å². The van der Waals surface area contributed by atoms with Crippen LogP contribution in [-0.2, 0) is 6.54 Å². The molecule has 3 rings (SSSR count). The molecule has 3 heteroatoms. The first kappa shape index (κ1) is 12.0. The van der Waals surface area contributed by atoms with Gasteiger partial charge in [0.05, 0.1) is 11.0 Å². The fourth-order valence-electron chi connectivity index (χ4n) is 3.12. The molecule has 96 valence electrons. The number of para-hydroxylation sites is 1. The number of fused-ring (bicyclic) bond motifs is 1. The summed E-state index contributed by atoms with van der Waals surface area (Å²) in [6.45, 7) is 5.52. The van der Waals surface area contributed by atoms with E-state index in [-0.39, 0.29) is 0 Å². The predicted molar refractivity (Wildman–Crippen MR) is 78.4 cm³/mol. The van der Waals surface area contributed by atoms with Crippen LogP contribution in [0.3, 0.4) is 0 Å². The van der Waals surface area contributed by atoms with Crippen molar-refractivity contribution in [2.75, 3.05) is 0 Å². The lowest BCUT2D eigenvalue weighted by atomic mass is 9.67. The summed E-state index contributed by atoms with van der Waals surface area (Å²) < 4.78 is 3.18. The number of rotatable bonds is 3. The molecule has 1 heterocycles. The Hall–Kier alpha value is -1.09. The molecule has 1 aliphatic carbocycles. The number of nitrogens with one attached hydrogen (secondary N) is 1. The average molecular weight is 260 g/mol. The molecule has 1 aromatic heterocycles. The van der Waals surface area contributed by atoms with Gasteiger partial charge in [-0.3, -0.25) is 0 Å². The van der Waals surface area contributed by atoms with Gasteiger partial charge in [-0.2, -0.15) is 0 Å². The molecule has 0 amide bonds. The van der Waals surface area contributed by atoms with Gasteiger partial charge in [0.2, 0.25) is 0 Å². The highest BCUT2D eigenvalue weighted by atomic mass is 32.1. The lowest BCUT2D eigenvalue weighted by Crippen LogP contribution is -2.33. The number of H-pyrrole nitrogens is 1. The number of hydrogen-bond donors (Lipinski definition) is 1. The molecule has 18 heavy (non-hydrogen) atoms. The van der Waals surface area contributed by atoms with E-state index in [1.54, 1.807) is 0 Å². The second kappa shape index (κ2) is 4.23. The molecule has 0 spiro atoms. The van der Waals surface area contributed by atoms with Crippen molar-refractivity contribution >= 4 is 23.3 Å². The van der Waals surface area contributed by atoms with Crippen LogP contribution in [0.1, 0.15) is 38.2 Å². The van der Waals surface area contributed by atoms with Crippen molar-refractivity contribution in [2.45, 2.75) is 46.1 Å². The van der Waals surface area contributed by atoms with E-state index >= 15 is 0 Å². The minimum Gasteiger partial charge on any atom is -0.330 e. The summed E-state index contributed by atoms with van der Waals surface area (Å²) in [7, 11) is 0. The maximum atomic E-state index is 5.51. The van der Waals surface area contributed by atoms with Gasteiger partial charge in [-0.1, -0.05) is 25.5 Å². The van der Waals surface area contributed by atoms with Crippen molar-refractivity contribution in [3.05, 3.63) is 28.5 Å². The number of aryl methyl sites for hydroxylation is 1. The summed E-state index contributed by atoms with van der Waals surface area (Å²) in [5.74, 6) is 0. The molecule has 1 saturated carbocycles. The fourth-order valence-corrected chi connectivity index (χ4v) is 3.38. The van der Waals surface area contributed by atoms with Crippen LogP contribution in [0, 0.1) is 17.1 Å². The van der Waals surface area contributed by atoms with Gasteiger partial charge in [-0.05, 0) is 55.4 Å². The molecule has 1 N–H and O–H groups in total. The normalized spacial score (nSPS) is 17.9. The summed E-state index contributed by atoms with van der Waals surface area (Å²) >= 11 is 5.51. The van der Waals surface area contributed by atoms with Crippen LogP contribution in [0.4, 0.5) is 0 Å². The first-order valence-electron chi connectivity index (χ1n) is 6.83. The smallest absolute Gasteiger partial charge is 0.178 e. The van der Waals surface area contributed by atoms with E-state index in [0.717, 1.165) is 11.3 Å². The van der Waals surface area contributed by atoms with E-state index in [2.05, 4.69) is 41.6 Å². The average Bonchev–Trinajstić information content (AvgIpc) is 2.62. The summed E-state index contributed by atoms with van der Waals surface area (Å²) in [4.78, 5) is 3.37. The van der Waals surface area contributed by atoms with Gasteiger partial charge < -0.3 is 9.55 Å². The highest BCUT2D eigenvalue weighted by Gasteiger charge is 2.35. The predicted octanol–water partition coefficient (Wildman–Crippen LogP) is 4.59. The SMILES string of the molecule is CCC1(Cn2c(=S)[nH]c3c(C)cccc32)CCC1. The zero-order chi connectivity index (χ0) is 12.8. The first-order chi connectivity index (χ1) is 8.65. The van der Waals surface area contributed by atoms with Crippen LogP contribution in [0.2, 0.25) is 0 Å². The highest BCUT2D eigenvalue weighted by Crippen LogP contribution is 2.45. The Balaban J connectivity index is 2.09. The van der Waals surface area contributed by atoms with Gasteiger partial charge in [-0.15, -0.1) is 0 Å². The van der Waals surface area contributed by atoms with E-state index in [9.17, 15) is 0 Å². The van der Waals surface area contributed by atoms with E-state index in [0.29, 0.717) is 5.41 Å². The number of aromatic amines is 1. The molecule has 1 aromatic carbocycles. The Morgan fingerprint density at radius 2 is 2.17 bits per heavy atom. The Labute approximate surface area is 113 Å². The molecular weight excluding hydrogens is 240 g/mol. The molecule has 1 aliphatic rings. The minimum atomic E-state index is 0.497. The van der Waals surface area contributed by atoms with Crippen LogP contribution >= 0.6 is 12.2 Å². The van der Waals surface area contributed by atoms with Crippen LogP contribution in [0.15, 0.2) is 18.2 Å². The van der Waals surface area contributed by atoms with Gasteiger partial charge in [0.25, 0.3) is 0 Å². The van der Waals surface area contributed by atoms with Crippen LogP contribution in [0.5, 0.6) is 0 Å². The van der Waals surface area contributed by atoms with Crippen LogP contribution in [0.25, 0.3) is 11.0 Å². The topological polar surface area (TPSA) is 20.7 Å². The second-order valence-corrected chi connectivity index (χ2v) is 6.08. The van der Waals surface area contributed by atoms with Crippen molar-refractivity contribution in [3.63, 3.8) is 0 Å². The zero-order valence-corrected chi connectivity index (χ0v) is 11.9. The quantitative estimate of drug-likeness (QED) is 0.801. The van der Waals surface area contributed by atoms with Gasteiger partial charge in [-0.25, -0.2) is 0 Å².